The zero-order valence-electron chi connectivity index (χ0n) is 8.66. The molecule has 2 rings (SSSR count). The van der Waals surface area contributed by atoms with Crippen LogP contribution in [0.1, 0.15) is 19.4 Å². The Hall–Kier alpha value is -1.12. The van der Waals surface area contributed by atoms with E-state index in [4.69, 9.17) is 11.6 Å². The highest BCUT2D eigenvalue weighted by Gasteiger charge is 2.22. The van der Waals surface area contributed by atoms with Crippen molar-refractivity contribution in [3.8, 4) is 0 Å². The van der Waals surface area contributed by atoms with E-state index in [1.54, 1.807) is 26.1 Å². The van der Waals surface area contributed by atoms with Gasteiger partial charge in [-0.05, 0) is 26.0 Å². The van der Waals surface area contributed by atoms with Crippen LogP contribution < -0.4 is 0 Å². The molecule has 0 spiro atoms. The summed E-state index contributed by atoms with van der Waals surface area (Å²) in [5.41, 5.74) is 0.463. The lowest BCUT2D eigenvalue weighted by molar-refractivity contribution is 0.0801. The SMILES string of the molecule is CC(C)(O)c1c(Cl)ccc2cccnc12. The molecule has 1 aromatic carbocycles. The fourth-order valence-electron chi connectivity index (χ4n) is 1.70. The van der Waals surface area contributed by atoms with Crippen molar-refractivity contribution >= 4 is 22.5 Å². The highest BCUT2D eigenvalue weighted by Crippen LogP contribution is 2.33. The van der Waals surface area contributed by atoms with Crippen LogP contribution in [0.3, 0.4) is 0 Å². The molecule has 0 saturated carbocycles. The number of halogens is 1. The first-order chi connectivity index (χ1) is 7.00. The van der Waals surface area contributed by atoms with Crippen molar-refractivity contribution in [3.05, 3.63) is 41.0 Å². The van der Waals surface area contributed by atoms with Gasteiger partial charge in [0.1, 0.15) is 0 Å². The molecule has 15 heavy (non-hydrogen) atoms. The number of aliphatic hydroxyl groups is 1. The van der Waals surface area contributed by atoms with Crippen LogP contribution in [0.25, 0.3) is 10.9 Å². The van der Waals surface area contributed by atoms with Gasteiger partial charge < -0.3 is 5.11 Å². The zero-order valence-corrected chi connectivity index (χ0v) is 9.42. The lowest BCUT2D eigenvalue weighted by Crippen LogP contribution is -2.17. The summed E-state index contributed by atoms with van der Waals surface area (Å²) in [7, 11) is 0. The van der Waals surface area contributed by atoms with Crippen LogP contribution in [0.5, 0.6) is 0 Å². The third kappa shape index (κ3) is 1.83. The molecular weight excluding hydrogens is 210 g/mol. The van der Waals surface area contributed by atoms with E-state index >= 15 is 0 Å². The molecule has 0 aliphatic heterocycles. The molecular formula is C12H12ClNO. The van der Waals surface area contributed by atoms with Gasteiger partial charge in [0.2, 0.25) is 0 Å². The predicted octanol–water partition coefficient (Wildman–Crippen LogP) is 3.12. The summed E-state index contributed by atoms with van der Waals surface area (Å²) in [5, 5.41) is 11.6. The van der Waals surface area contributed by atoms with Crippen LogP contribution in [0.4, 0.5) is 0 Å². The number of hydrogen-bond acceptors (Lipinski definition) is 2. The molecule has 0 saturated heterocycles. The Morgan fingerprint density at radius 1 is 1.27 bits per heavy atom. The van der Waals surface area contributed by atoms with E-state index in [9.17, 15) is 5.11 Å². The van der Waals surface area contributed by atoms with Gasteiger partial charge in [-0.25, -0.2) is 0 Å². The summed E-state index contributed by atoms with van der Waals surface area (Å²) in [5.74, 6) is 0. The van der Waals surface area contributed by atoms with E-state index in [-0.39, 0.29) is 0 Å². The number of nitrogens with zero attached hydrogens (tertiary/aromatic N) is 1. The van der Waals surface area contributed by atoms with E-state index in [0.717, 1.165) is 10.9 Å². The lowest BCUT2D eigenvalue weighted by Gasteiger charge is -2.20. The summed E-state index contributed by atoms with van der Waals surface area (Å²) in [6, 6.07) is 7.51. The van der Waals surface area contributed by atoms with Crippen molar-refractivity contribution < 1.29 is 5.11 Å². The van der Waals surface area contributed by atoms with E-state index in [1.165, 1.54) is 0 Å². The largest absolute Gasteiger partial charge is 0.386 e. The molecule has 0 radical (unpaired) electrons. The van der Waals surface area contributed by atoms with Crippen LogP contribution in [-0.2, 0) is 5.60 Å². The van der Waals surface area contributed by atoms with Gasteiger partial charge in [0.05, 0.1) is 11.1 Å². The number of fused-ring (bicyclic) bond motifs is 1. The summed E-state index contributed by atoms with van der Waals surface area (Å²) in [6.45, 7) is 3.42. The summed E-state index contributed by atoms with van der Waals surface area (Å²) >= 11 is 6.09. The van der Waals surface area contributed by atoms with Gasteiger partial charge in [-0.2, -0.15) is 0 Å². The maximum atomic E-state index is 10.0. The van der Waals surface area contributed by atoms with Crippen molar-refractivity contribution in [2.45, 2.75) is 19.4 Å². The Morgan fingerprint density at radius 3 is 2.67 bits per heavy atom. The average Bonchev–Trinajstić information content (AvgIpc) is 2.15. The van der Waals surface area contributed by atoms with Gasteiger partial charge in [-0.3, -0.25) is 4.98 Å². The van der Waals surface area contributed by atoms with Gasteiger partial charge in [-0.1, -0.05) is 23.7 Å². The van der Waals surface area contributed by atoms with E-state index < -0.39 is 5.60 Å². The van der Waals surface area contributed by atoms with Crippen LogP contribution >= 0.6 is 11.6 Å². The molecule has 3 heteroatoms. The molecule has 0 aliphatic carbocycles. The fraction of sp³-hybridized carbons (Fsp3) is 0.250. The smallest absolute Gasteiger partial charge is 0.0876 e. The lowest BCUT2D eigenvalue weighted by atomic mass is 9.95. The standard InChI is InChI=1S/C12H12ClNO/c1-12(2,15)10-9(13)6-5-8-4-3-7-14-11(8)10/h3-7,15H,1-2H3. The Morgan fingerprint density at radius 2 is 2.00 bits per heavy atom. The topological polar surface area (TPSA) is 33.1 Å². The van der Waals surface area contributed by atoms with Gasteiger partial charge in [-0.15, -0.1) is 0 Å². The Balaban J connectivity index is 2.86. The summed E-state index contributed by atoms with van der Waals surface area (Å²) < 4.78 is 0. The average molecular weight is 222 g/mol. The van der Waals surface area contributed by atoms with Crippen molar-refractivity contribution in [3.63, 3.8) is 0 Å². The predicted molar refractivity (Wildman–Crippen MR) is 62.0 cm³/mol. The van der Waals surface area contributed by atoms with E-state index in [0.29, 0.717) is 10.6 Å². The second-order valence-corrected chi connectivity index (χ2v) is 4.46. The molecule has 0 aliphatic rings. The third-order valence-corrected chi connectivity index (χ3v) is 2.65. The maximum Gasteiger partial charge on any atom is 0.0876 e. The number of pyridine rings is 1. The van der Waals surface area contributed by atoms with Crippen molar-refractivity contribution in [2.75, 3.05) is 0 Å². The summed E-state index contributed by atoms with van der Waals surface area (Å²) in [6.07, 6.45) is 1.70. The zero-order chi connectivity index (χ0) is 11.1. The highest BCUT2D eigenvalue weighted by atomic mass is 35.5. The van der Waals surface area contributed by atoms with Gasteiger partial charge in [0.15, 0.2) is 0 Å². The molecule has 0 unspecified atom stereocenters. The van der Waals surface area contributed by atoms with Crippen LogP contribution in [0, 0.1) is 0 Å². The first kappa shape index (κ1) is 10.4. The number of rotatable bonds is 1. The summed E-state index contributed by atoms with van der Waals surface area (Å²) in [4.78, 5) is 4.26. The van der Waals surface area contributed by atoms with E-state index in [2.05, 4.69) is 4.98 Å². The third-order valence-electron chi connectivity index (χ3n) is 2.34. The quantitative estimate of drug-likeness (QED) is 0.803. The second kappa shape index (κ2) is 3.47. The monoisotopic (exact) mass is 221 g/mol. The number of aromatic nitrogens is 1. The Labute approximate surface area is 93.5 Å². The van der Waals surface area contributed by atoms with Crippen LogP contribution in [-0.4, -0.2) is 10.1 Å². The minimum absolute atomic E-state index is 0.550. The molecule has 2 nitrogen and oxygen atoms in total. The van der Waals surface area contributed by atoms with Crippen LogP contribution in [0.15, 0.2) is 30.5 Å². The first-order valence-corrected chi connectivity index (χ1v) is 5.14. The van der Waals surface area contributed by atoms with Crippen molar-refractivity contribution in [2.24, 2.45) is 0 Å². The molecule has 0 atom stereocenters. The number of hydrogen-bond donors (Lipinski definition) is 1. The maximum absolute atomic E-state index is 10.0. The van der Waals surface area contributed by atoms with Crippen molar-refractivity contribution in [1.82, 2.24) is 4.98 Å². The molecule has 0 fully saturated rings. The normalized spacial score (nSPS) is 12.0. The second-order valence-electron chi connectivity index (χ2n) is 4.06. The van der Waals surface area contributed by atoms with Crippen molar-refractivity contribution in [1.29, 1.82) is 0 Å². The molecule has 78 valence electrons. The highest BCUT2D eigenvalue weighted by molar-refractivity contribution is 6.32. The van der Waals surface area contributed by atoms with Gasteiger partial charge in [0, 0.05) is 22.2 Å². The molecule has 1 N–H and O–H groups in total. The minimum atomic E-state index is -0.981. The number of benzene rings is 1. The molecule has 0 amide bonds. The molecule has 1 heterocycles. The first-order valence-electron chi connectivity index (χ1n) is 4.76. The van der Waals surface area contributed by atoms with E-state index in [1.807, 2.05) is 18.2 Å². The molecule has 0 bridgehead atoms. The molecule has 2 aromatic rings. The fourth-order valence-corrected chi connectivity index (χ4v) is 2.09. The Bertz CT molecular complexity index is 502. The minimum Gasteiger partial charge on any atom is -0.386 e. The Kier molecular flexibility index (Phi) is 2.41. The van der Waals surface area contributed by atoms with Gasteiger partial charge >= 0.3 is 0 Å². The van der Waals surface area contributed by atoms with Gasteiger partial charge in [0.25, 0.3) is 0 Å². The van der Waals surface area contributed by atoms with Crippen LogP contribution in [0.2, 0.25) is 5.02 Å². The molecule has 1 aromatic heterocycles.